The fourth-order valence-electron chi connectivity index (χ4n) is 1.77. The minimum Gasteiger partial charge on any atom is -1.00 e. The number of carbonyl (C=O) groups is 6. The topological polar surface area (TPSA) is 296 Å². The molecule has 0 radical (unpaired) electrons. The summed E-state index contributed by atoms with van der Waals surface area (Å²) in [6.07, 6.45) is -5.94. The molecular formula is C12H22Na4O15. The second-order valence-electron chi connectivity index (χ2n) is 5.00. The summed E-state index contributed by atoms with van der Waals surface area (Å²) in [6, 6.07) is 0. The molecule has 0 aromatic rings. The second kappa shape index (κ2) is 21.2. The standard InChI is InChI=1S/C12H14O13.4Na.2H2O.4H/c13-5(14)1-11(24,9(20)21)4-8(19)25-12(10(22)23,2-6(15)16)3-7(17)18;;;;;;;;;;/h24H,1-4H2,(H,13,14)(H,15,16)(H,17,18)(H,20,21)(H,22,23);;;;;2*1H2;;;;/q;4*+1;;;4*-1. The molecule has 0 fully saturated rings. The molecule has 1 unspecified atom stereocenters. The van der Waals surface area contributed by atoms with Crippen LogP contribution in [0.5, 0.6) is 0 Å². The molecule has 0 aromatic carbocycles. The SMILES string of the molecule is O.O.O=C(O)CC(O)(CC(=O)OC(CC(=O)O)(CC(=O)O)C(=O)O)C(=O)O.[H-].[H-].[H-].[H-].[Na+].[Na+].[Na+].[Na+]. The number of hydrogen-bond acceptors (Lipinski definition) is 8. The maximum absolute atomic E-state index is 11.7. The molecule has 10 N–H and O–H groups in total. The third kappa shape index (κ3) is 17.8. The van der Waals surface area contributed by atoms with Crippen molar-refractivity contribution in [1.82, 2.24) is 0 Å². The van der Waals surface area contributed by atoms with E-state index in [0.29, 0.717) is 0 Å². The zero-order chi connectivity index (χ0) is 20.0. The van der Waals surface area contributed by atoms with Gasteiger partial charge in [0.15, 0.2) is 5.60 Å². The largest absolute Gasteiger partial charge is 1.00 e. The molecule has 0 aliphatic rings. The number of ether oxygens (including phenoxy) is 1. The van der Waals surface area contributed by atoms with Gasteiger partial charge >= 0.3 is 154 Å². The first kappa shape index (κ1) is 49.0. The van der Waals surface area contributed by atoms with E-state index in [-0.39, 0.29) is 135 Å². The molecular weight excluding hydrogens is 476 g/mol. The van der Waals surface area contributed by atoms with Crippen LogP contribution >= 0.6 is 0 Å². The van der Waals surface area contributed by atoms with E-state index in [4.69, 9.17) is 25.5 Å². The Morgan fingerprint density at radius 1 is 0.613 bits per heavy atom. The van der Waals surface area contributed by atoms with Crippen molar-refractivity contribution in [3.63, 3.8) is 0 Å². The van der Waals surface area contributed by atoms with E-state index < -0.39 is 72.7 Å². The molecule has 0 amide bonds. The third-order valence-corrected chi connectivity index (χ3v) is 2.85. The fourth-order valence-corrected chi connectivity index (χ4v) is 1.77. The molecule has 0 aliphatic carbocycles. The van der Waals surface area contributed by atoms with E-state index in [2.05, 4.69) is 4.74 Å². The molecule has 31 heavy (non-hydrogen) atoms. The maximum atomic E-state index is 11.7. The zero-order valence-corrected chi connectivity index (χ0v) is 25.4. The predicted molar refractivity (Wildman–Crippen MR) is 82.1 cm³/mol. The normalized spacial score (nSPS) is 10.7. The first-order chi connectivity index (χ1) is 11.2. The number of aliphatic carboxylic acids is 5. The van der Waals surface area contributed by atoms with Gasteiger partial charge in [-0.1, -0.05) is 0 Å². The number of hydrogen-bond donors (Lipinski definition) is 6. The van der Waals surface area contributed by atoms with Gasteiger partial charge in [-0.05, 0) is 0 Å². The van der Waals surface area contributed by atoms with Crippen LogP contribution in [0, 0.1) is 0 Å². The van der Waals surface area contributed by atoms with E-state index in [9.17, 15) is 33.9 Å². The first-order valence-electron chi connectivity index (χ1n) is 6.30. The Hall–Kier alpha value is 0.700. The van der Waals surface area contributed by atoms with Gasteiger partial charge < -0.3 is 52.0 Å². The van der Waals surface area contributed by atoms with Gasteiger partial charge in [0.2, 0.25) is 5.60 Å². The van der Waals surface area contributed by atoms with E-state index in [1.54, 1.807) is 0 Å². The molecule has 0 saturated heterocycles. The van der Waals surface area contributed by atoms with Gasteiger partial charge in [0.1, 0.15) is 0 Å². The Labute approximate surface area is 268 Å². The van der Waals surface area contributed by atoms with Crippen LogP contribution in [-0.4, -0.2) is 88.6 Å². The Bertz CT molecular complexity index is 627. The minimum absolute atomic E-state index is 0. The van der Waals surface area contributed by atoms with Crippen molar-refractivity contribution in [1.29, 1.82) is 0 Å². The summed E-state index contributed by atoms with van der Waals surface area (Å²) in [5.41, 5.74) is -6.24. The summed E-state index contributed by atoms with van der Waals surface area (Å²) in [5, 5.41) is 53.5. The smallest absolute Gasteiger partial charge is 1.00 e. The summed E-state index contributed by atoms with van der Waals surface area (Å²) in [6.45, 7) is 0. The van der Waals surface area contributed by atoms with E-state index >= 15 is 0 Å². The van der Waals surface area contributed by atoms with Gasteiger partial charge in [-0.15, -0.1) is 0 Å². The van der Waals surface area contributed by atoms with E-state index in [1.807, 2.05) is 0 Å². The van der Waals surface area contributed by atoms with Gasteiger partial charge in [-0.25, -0.2) is 9.59 Å². The van der Waals surface area contributed by atoms with Gasteiger partial charge in [0.05, 0.1) is 25.7 Å². The average molecular weight is 498 g/mol. The summed E-state index contributed by atoms with van der Waals surface area (Å²) >= 11 is 0. The molecule has 0 saturated carbocycles. The van der Waals surface area contributed by atoms with Crippen LogP contribution in [0.15, 0.2) is 0 Å². The molecule has 164 valence electrons. The van der Waals surface area contributed by atoms with Crippen molar-refractivity contribution in [2.75, 3.05) is 0 Å². The van der Waals surface area contributed by atoms with Gasteiger partial charge in [0, 0.05) is 0 Å². The number of carbonyl (C=O) groups excluding carboxylic acids is 1. The number of rotatable bonds is 11. The molecule has 1 atom stereocenters. The number of aliphatic hydroxyl groups is 1. The van der Waals surface area contributed by atoms with Crippen molar-refractivity contribution in [2.45, 2.75) is 36.9 Å². The van der Waals surface area contributed by atoms with Crippen molar-refractivity contribution in [3.8, 4) is 0 Å². The Kier molecular flexibility index (Phi) is 33.6. The Morgan fingerprint density at radius 2 is 0.935 bits per heavy atom. The maximum Gasteiger partial charge on any atom is 1.00 e. The number of esters is 1. The van der Waals surface area contributed by atoms with Gasteiger partial charge in [0.25, 0.3) is 0 Å². The van der Waals surface area contributed by atoms with Crippen LogP contribution < -0.4 is 118 Å². The summed E-state index contributed by atoms with van der Waals surface area (Å²) in [7, 11) is 0. The van der Waals surface area contributed by atoms with Crippen molar-refractivity contribution in [3.05, 3.63) is 0 Å². The summed E-state index contributed by atoms with van der Waals surface area (Å²) < 4.78 is 4.33. The van der Waals surface area contributed by atoms with Crippen molar-refractivity contribution < 1.29 is 199 Å². The van der Waals surface area contributed by atoms with E-state index in [1.165, 1.54) is 0 Å². The second-order valence-corrected chi connectivity index (χ2v) is 5.00. The predicted octanol–water partition coefficient (Wildman–Crippen LogP) is -15.2. The molecule has 19 heteroatoms. The van der Waals surface area contributed by atoms with E-state index in [0.717, 1.165) is 0 Å². The number of carboxylic acid groups (broad SMARTS) is 5. The van der Waals surface area contributed by atoms with Crippen LogP contribution in [0.25, 0.3) is 0 Å². The third-order valence-electron chi connectivity index (χ3n) is 2.85. The number of carboxylic acids is 5. The molecule has 0 aromatic heterocycles. The monoisotopic (exact) mass is 498 g/mol. The quantitative estimate of drug-likeness (QED) is 0.114. The van der Waals surface area contributed by atoms with Crippen molar-refractivity contribution >= 4 is 35.8 Å². The van der Waals surface area contributed by atoms with Gasteiger partial charge in [-0.3, -0.25) is 19.2 Å². The molecule has 0 bridgehead atoms. The van der Waals surface area contributed by atoms with Crippen LogP contribution in [0.3, 0.4) is 0 Å². The first-order valence-corrected chi connectivity index (χ1v) is 6.30. The summed E-state index contributed by atoms with van der Waals surface area (Å²) in [5.74, 6) is -11.6. The van der Waals surface area contributed by atoms with Crippen LogP contribution in [0.4, 0.5) is 0 Å². The van der Waals surface area contributed by atoms with Gasteiger partial charge in [-0.2, -0.15) is 0 Å². The summed E-state index contributed by atoms with van der Waals surface area (Å²) in [4.78, 5) is 66.0. The molecule has 0 heterocycles. The molecule has 0 spiro atoms. The fraction of sp³-hybridized carbons (Fsp3) is 0.500. The van der Waals surface area contributed by atoms with Crippen LogP contribution in [-0.2, 0) is 33.5 Å². The molecule has 0 aliphatic heterocycles. The molecule has 15 nitrogen and oxygen atoms in total. The van der Waals surface area contributed by atoms with Crippen LogP contribution in [0.2, 0.25) is 0 Å². The minimum atomic E-state index is -3.17. The van der Waals surface area contributed by atoms with Crippen LogP contribution in [0.1, 0.15) is 31.4 Å². The molecule has 0 rings (SSSR count). The Balaban J connectivity index is -0.0000000640. The zero-order valence-electron chi connectivity index (χ0n) is 21.4. The van der Waals surface area contributed by atoms with Crippen molar-refractivity contribution in [2.24, 2.45) is 0 Å². The average Bonchev–Trinajstić information content (AvgIpc) is 2.34. The Morgan fingerprint density at radius 3 is 1.16 bits per heavy atom.